The summed E-state index contributed by atoms with van der Waals surface area (Å²) in [5.41, 5.74) is 2.76. The second-order valence-electron chi connectivity index (χ2n) is 5.23. The Morgan fingerprint density at radius 3 is 2.39 bits per heavy atom. The third-order valence-corrected chi connectivity index (χ3v) is 4.44. The maximum Gasteiger partial charge on any atom is 0.357 e. The summed E-state index contributed by atoms with van der Waals surface area (Å²) in [6, 6.07) is 14.9. The lowest BCUT2D eigenvalue weighted by molar-refractivity contribution is -0.389. The minimum atomic E-state index is -0.371. The monoisotopic (exact) mass is 370 g/mol. The first-order chi connectivity index (χ1) is 11.1. The lowest BCUT2D eigenvalue weighted by Gasteiger charge is -1.99. The maximum atomic E-state index is 11.7. The number of aromatic nitrogens is 3. The van der Waals surface area contributed by atoms with Crippen molar-refractivity contribution in [2.24, 2.45) is 7.05 Å². The number of nitro groups is 1. The van der Waals surface area contributed by atoms with Gasteiger partial charge in [0.1, 0.15) is 0 Å². The van der Waals surface area contributed by atoms with Crippen LogP contribution in [-0.2, 0) is 7.05 Å². The van der Waals surface area contributed by atoms with Gasteiger partial charge in [0.25, 0.3) is 0 Å². The normalized spacial score (nSPS) is 11.4. The Labute approximate surface area is 139 Å². The van der Waals surface area contributed by atoms with Gasteiger partial charge in [0.2, 0.25) is 0 Å². The van der Waals surface area contributed by atoms with Crippen LogP contribution in [0.1, 0.15) is 0 Å². The molecule has 23 heavy (non-hydrogen) atoms. The van der Waals surface area contributed by atoms with E-state index >= 15 is 0 Å². The number of aryl methyl sites for hydroxylation is 1. The molecule has 0 atom stereocenters. The molecule has 114 valence electrons. The summed E-state index contributed by atoms with van der Waals surface area (Å²) in [6.45, 7) is 0. The van der Waals surface area contributed by atoms with E-state index in [1.165, 1.54) is 0 Å². The van der Waals surface area contributed by atoms with E-state index in [0.29, 0.717) is 17.0 Å². The molecule has 0 aliphatic carbocycles. The smallest absolute Gasteiger partial charge is 0.357 e. The van der Waals surface area contributed by atoms with Crippen LogP contribution >= 0.6 is 15.9 Å². The number of benzene rings is 2. The molecule has 0 N–H and O–H groups in total. The Kier molecular flexibility index (Phi) is 2.99. The molecule has 0 fully saturated rings. The molecule has 0 spiro atoms. The largest absolute Gasteiger partial charge is 0.358 e. The molecule has 0 unspecified atom stereocenters. The summed E-state index contributed by atoms with van der Waals surface area (Å²) < 4.78 is 4.38. The van der Waals surface area contributed by atoms with E-state index in [1.807, 2.05) is 60.1 Å². The average Bonchev–Trinajstić information content (AvgIpc) is 3.06. The second kappa shape index (κ2) is 4.92. The van der Waals surface area contributed by atoms with Gasteiger partial charge in [0.15, 0.2) is 11.2 Å². The fourth-order valence-electron chi connectivity index (χ4n) is 2.86. The third-order valence-electron chi connectivity index (χ3n) is 3.91. The van der Waals surface area contributed by atoms with Crippen molar-refractivity contribution in [2.75, 3.05) is 0 Å². The molecule has 0 bridgehead atoms. The summed E-state index contributed by atoms with van der Waals surface area (Å²) >= 11 is 3.37. The zero-order valence-corrected chi connectivity index (χ0v) is 13.7. The van der Waals surface area contributed by atoms with E-state index in [2.05, 4.69) is 20.9 Å². The van der Waals surface area contributed by atoms with Gasteiger partial charge in [-0.2, -0.15) is 9.38 Å². The maximum absolute atomic E-state index is 11.7. The van der Waals surface area contributed by atoms with Crippen LogP contribution in [0.15, 0.2) is 53.0 Å². The fraction of sp³-hybridized carbons (Fsp3) is 0.0625. The molecule has 0 aliphatic rings. The number of nitrogens with zero attached hydrogens (tertiary/aromatic N) is 4. The van der Waals surface area contributed by atoms with E-state index in [9.17, 15) is 10.1 Å². The zero-order chi connectivity index (χ0) is 16.1. The summed E-state index contributed by atoms with van der Waals surface area (Å²) in [7, 11) is 1.86. The van der Waals surface area contributed by atoms with E-state index < -0.39 is 0 Å². The van der Waals surface area contributed by atoms with Crippen LogP contribution in [0.2, 0.25) is 0 Å². The van der Waals surface area contributed by atoms with Crippen molar-refractivity contribution >= 4 is 38.6 Å². The molecule has 0 saturated carbocycles. The van der Waals surface area contributed by atoms with Crippen LogP contribution in [0.4, 0.5) is 5.82 Å². The van der Waals surface area contributed by atoms with Gasteiger partial charge in [-0.1, -0.05) is 40.2 Å². The Morgan fingerprint density at radius 1 is 1.09 bits per heavy atom. The average molecular weight is 371 g/mol. The van der Waals surface area contributed by atoms with Crippen LogP contribution in [0.5, 0.6) is 0 Å². The predicted octanol–water partition coefficient (Wildman–Crippen LogP) is 4.16. The Hall–Kier alpha value is -2.67. The van der Waals surface area contributed by atoms with Crippen molar-refractivity contribution in [1.82, 2.24) is 14.0 Å². The summed E-state index contributed by atoms with van der Waals surface area (Å²) in [5, 5.41) is 11.7. The number of hydrogen-bond acceptors (Lipinski definition) is 3. The molecule has 0 radical (unpaired) electrons. The molecule has 2 aromatic carbocycles. The molecule has 0 aliphatic heterocycles. The van der Waals surface area contributed by atoms with Crippen LogP contribution in [-0.4, -0.2) is 18.9 Å². The molecule has 0 saturated heterocycles. The Bertz CT molecular complexity index is 1060. The van der Waals surface area contributed by atoms with E-state index in [0.717, 1.165) is 15.5 Å². The molecule has 4 aromatic rings. The number of imidazole rings is 2. The van der Waals surface area contributed by atoms with Crippen molar-refractivity contribution in [3.05, 3.63) is 63.1 Å². The quantitative estimate of drug-likeness (QED) is 0.393. The Balaban J connectivity index is 2.14. The minimum Gasteiger partial charge on any atom is -0.358 e. The van der Waals surface area contributed by atoms with Gasteiger partial charge >= 0.3 is 11.6 Å². The van der Waals surface area contributed by atoms with Crippen molar-refractivity contribution in [1.29, 1.82) is 0 Å². The first-order valence-electron chi connectivity index (χ1n) is 6.94. The highest BCUT2D eigenvalue weighted by Crippen LogP contribution is 2.34. The number of halogens is 1. The summed E-state index contributed by atoms with van der Waals surface area (Å²) in [6.07, 6.45) is 0. The van der Waals surface area contributed by atoms with Crippen molar-refractivity contribution < 1.29 is 4.92 Å². The number of rotatable bonds is 2. The Morgan fingerprint density at radius 2 is 1.74 bits per heavy atom. The molecule has 6 nitrogen and oxygen atoms in total. The molecular formula is C16H11BrN4O2. The second-order valence-corrected chi connectivity index (χ2v) is 6.15. The zero-order valence-electron chi connectivity index (χ0n) is 12.1. The molecule has 4 rings (SSSR count). The van der Waals surface area contributed by atoms with Gasteiger partial charge in [0.05, 0.1) is 5.52 Å². The van der Waals surface area contributed by atoms with Crippen LogP contribution < -0.4 is 0 Å². The van der Waals surface area contributed by atoms with Crippen molar-refractivity contribution in [3.63, 3.8) is 0 Å². The lowest BCUT2D eigenvalue weighted by Crippen LogP contribution is -1.95. The first kappa shape index (κ1) is 14.0. The van der Waals surface area contributed by atoms with E-state index in [-0.39, 0.29) is 10.7 Å². The first-order valence-corrected chi connectivity index (χ1v) is 7.73. The summed E-state index contributed by atoms with van der Waals surface area (Å²) in [5.74, 6) is 0.537. The lowest BCUT2D eigenvalue weighted by atomic mass is 10.1. The SMILES string of the molecule is Cn1c2ccccc2n2c([N+](=O)[O-])c(-c3ccc(Br)cc3)nc12. The van der Waals surface area contributed by atoms with E-state index in [4.69, 9.17) is 0 Å². The highest BCUT2D eigenvalue weighted by molar-refractivity contribution is 9.10. The third kappa shape index (κ3) is 1.97. The van der Waals surface area contributed by atoms with Gasteiger partial charge in [-0.25, -0.2) is 0 Å². The molecule has 2 aromatic heterocycles. The van der Waals surface area contributed by atoms with Crippen LogP contribution in [0.25, 0.3) is 28.1 Å². The topological polar surface area (TPSA) is 65.4 Å². The highest BCUT2D eigenvalue weighted by Gasteiger charge is 2.28. The van der Waals surface area contributed by atoms with Gasteiger partial charge < -0.3 is 10.1 Å². The van der Waals surface area contributed by atoms with Crippen molar-refractivity contribution in [2.45, 2.75) is 0 Å². The number of para-hydroxylation sites is 2. The molecular weight excluding hydrogens is 360 g/mol. The molecule has 2 heterocycles. The van der Waals surface area contributed by atoms with Crippen LogP contribution in [0, 0.1) is 10.1 Å². The van der Waals surface area contributed by atoms with E-state index in [1.54, 1.807) is 4.40 Å². The standard InChI is InChI=1S/C16H11BrN4O2/c1-19-12-4-2-3-5-13(12)20-15(21(22)23)14(18-16(19)20)10-6-8-11(17)9-7-10/h2-9H,1H3. The summed E-state index contributed by atoms with van der Waals surface area (Å²) in [4.78, 5) is 15.9. The van der Waals surface area contributed by atoms with Gasteiger partial charge in [-0.15, -0.1) is 0 Å². The van der Waals surface area contributed by atoms with Crippen LogP contribution in [0.3, 0.4) is 0 Å². The number of hydrogen-bond donors (Lipinski definition) is 0. The van der Waals surface area contributed by atoms with Crippen molar-refractivity contribution in [3.8, 4) is 11.3 Å². The highest BCUT2D eigenvalue weighted by atomic mass is 79.9. The molecule has 7 heteroatoms. The number of fused-ring (bicyclic) bond motifs is 3. The molecule has 0 amide bonds. The van der Waals surface area contributed by atoms with Gasteiger partial charge in [-0.3, -0.25) is 4.57 Å². The minimum absolute atomic E-state index is 0.0147. The van der Waals surface area contributed by atoms with Gasteiger partial charge in [-0.05, 0) is 29.2 Å². The predicted molar refractivity (Wildman–Crippen MR) is 91.5 cm³/mol. The fourth-order valence-corrected chi connectivity index (χ4v) is 3.13. The van der Waals surface area contributed by atoms with Gasteiger partial charge in [0, 0.05) is 17.1 Å².